The van der Waals surface area contributed by atoms with Gasteiger partial charge in [-0.2, -0.15) is 8.15 Å². The first-order valence-corrected chi connectivity index (χ1v) is 7.47. The molecule has 0 atom stereocenters. The van der Waals surface area contributed by atoms with Gasteiger partial charge in [-0.25, -0.2) is 4.57 Å². The molecule has 0 unspecified atom stereocenters. The SMILES string of the molecule is O=P(OCl)(OCl)Oc1ccccc1Oc1ccccc1. The third-order valence-electron chi connectivity index (χ3n) is 2.20. The van der Waals surface area contributed by atoms with Gasteiger partial charge >= 0.3 is 7.82 Å². The summed E-state index contributed by atoms with van der Waals surface area (Å²) in [4.78, 5) is 0. The fourth-order valence-electron chi connectivity index (χ4n) is 1.38. The Labute approximate surface area is 125 Å². The van der Waals surface area contributed by atoms with E-state index in [0.29, 0.717) is 11.5 Å². The van der Waals surface area contributed by atoms with Crippen LogP contribution in [0.2, 0.25) is 0 Å². The first kappa shape index (κ1) is 15.2. The Kier molecular flexibility index (Phi) is 5.29. The van der Waals surface area contributed by atoms with Crippen LogP contribution in [0.25, 0.3) is 0 Å². The van der Waals surface area contributed by atoms with Crippen LogP contribution in [0.15, 0.2) is 54.6 Å². The van der Waals surface area contributed by atoms with E-state index >= 15 is 0 Å². The second kappa shape index (κ2) is 6.97. The van der Waals surface area contributed by atoms with Crippen molar-refractivity contribution in [2.24, 2.45) is 0 Å². The lowest BCUT2D eigenvalue weighted by atomic mass is 10.3. The van der Waals surface area contributed by atoms with Gasteiger partial charge in [0.1, 0.15) is 5.75 Å². The molecule has 2 aromatic rings. The van der Waals surface area contributed by atoms with Crippen molar-refractivity contribution in [1.29, 1.82) is 0 Å². The van der Waals surface area contributed by atoms with Gasteiger partial charge in [0, 0.05) is 0 Å². The van der Waals surface area contributed by atoms with Crippen molar-refractivity contribution in [1.82, 2.24) is 0 Å². The van der Waals surface area contributed by atoms with Crippen molar-refractivity contribution in [2.45, 2.75) is 0 Å². The highest BCUT2D eigenvalue weighted by Gasteiger charge is 2.30. The monoisotopic (exact) mass is 334 g/mol. The predicted octanol–water partition coefficient (Wildman–Crippen LogP) is 5.31. The summed E-state index contributed by atoms with van der Waals surface area (Å²) in [6, 6.07) is 15.5. The number of ether oxygens (including phenoxy) is 1. The fourth-order valence-corrected chi connectivity index (χ4v) is 2.28. The maximum Gasteiger partial charge on any atom is 0.563 e. The van der Waals surface area contributed by atoms with E-state index in [4.69, 9.17) is 33.0 Å². The minimum absolute atomic E-state index is 0.112. The summed E-state index contributed by atoms with van der Waals surface area (Å²) in [6.07, 6.45) is 0. The minimum Gasteiger partial charge on any atom is -0.453 e. The largest absolute Gasteiger partial charge is 0.563 e. The number of phosphoric acid groups is 1. The lowest BCUT2D eigenvalue weighted by Gasteiger charge is -2.14. The van der Waals surface area contributed by atoms with Crippen molar-refractivity contribution in [3.63, 3.8) is 0 Å². The molecule has 0 aliphatic rings. The van der Waals surface area contributed by atoms with Crippen molar-refractivity contribution in [3.8, 4) is 17.2 Å². The standard InChI is InChI=1S/C12H9Cl2O5P/c13-18-20(15,19-14)17-12-9-5-4-8-11(12)16-10-6-2-1-3-7-10/h1-9H. The molecule has 20 heavy (non-hydrogen) atoms. The van der Waals surface area contributed by atoms with Gasteiger partial charge in [0.2, 0.25) is 0 Å². The number of benzene rings is 2. The Morgan fingerprint density at radius 2 is 1.35 bits per heavy atom. The van der Waals surface area contributed by atoms with E-state index in [-0.39, 0.29) is 5.75 Å². The summed E-state index contributed by atoms with van der Waals surface area (Å²) >= 11 is 10.1. The number of rotatable bonds is 6. The molecule has 106 valence electrons. The third-order valence-corrected chi connectivity index (χ3v) is 3.97. The summed E-state index contributed by atoms with van der Waals surface area (Å²) in [7, 11) is -4.08. The van der Waals surface area contributed by atoms with Crippen molar-refractivity contribution in [3.05, 3.63) is 54.6 Å². The van der Waals surface area contributed by atoms with Crippen molar-refractivity contribution >= 4 is 31.6 Å². The first-order valence-electron chi connectivity index (χ1n) is 5.39. The zero-order chi connectivity index (χ0) is 14.4. The van der Waals surface area contributed by atoms with E-state index in [2.05, 4.69) is 8.15 Å². The quantitative estimate of drug-likeness (QED) is 0.670. The van der Waals surface area contributed by atoms with Gasteiger partial charge in [-0.15, -0.1) is 0 Å². The Morgan fingerprint density at radius 1 is 0.800 bits per heavy atom. The van der Waals surface area contributed by atoms with Crippen LogP contribution < -0.4 is 9.26 Å². The maximum atomic E-state index is 11.7. The molecule has 2 aromatic carbocycles. The van der Waals surface area contributed by atoms with Crippen LogP contribution in [0.3, 0.4) is 0 Å². The van der Waals surface area contributed by atoms with E-state index < -0.39 is 7.82 Å². The molecule has 0 saturated heterocycles. The highest BCUT2D eigenvalue weighted by atomic mass is 35.5. The summed E-state index contributed by atoms with van der Waals surface area (Å²) in [5.74, 6) is 0.999. The van der Waals surface area contributed by atoms with Gasteiger partial charge in [-0.05, 0) is 24.3 Å². The van der Waals surface area contributed by atoms with Crippen molar-refractivity contribution in [2.75, 3.05) is 0 Å². The van der Waals surface area contributed by atoms with Crippen LogP contribution in [0.1, 0.15) is 0 Å². The Morgan fingerprint density at radius 3 is 1.95 bits per heavy atom. The third kappa shape index (κ3) is 3.88. The topological polar surface area (TPSA) is 54.0 Å². The highest BCUT2D eigenvalue weighted by Crippen LogP contribution is 2.53. The predicted molar refractivity (Wildman–Crippen MR) is 75.1 cm³/mol. The van der Waals surface area contributed by atoms with Crippen molar-refractivity contribution < 1.29 is 22.0 Å². The normalized spacial score (nSPS) is 11.1. The minimum atomic E-state index is -4.08. The molecule has 0 spiro atoms. The average molecular weight is 335 g/mol. The van der Waals surface area contributed by atoms with E-state index in [1.165, 1.54) is 6.07 Å². The first-order chi connectivity index (χ1) is 9.67. The molecular formula is C12H9Cl2O5P. The lowest BCUT2D eigenvalue weighted by Crippen LogP contribution is -1.95. The van der Waals surface area contributed by atoms with E-state index in [9.17, 15) is 4.57 Å². The maximum absolute atomic E-state index is 11.7. The van der Waals surface area contributed by atoms with Crippen LogP contribution in [0.5, 0.6) is 17.2 Å². The Hall–Kier alpha value is -1.23. The summed E-state index contributed by atoms with van der Waals surface area (Å²) in [5.41, 5.74) is 0. The molecule has 0 fully saturated rings. The zero-order valence-electron chi connectivity index (χ0n) is 9.94. The number of para-hydroxylation sites is 3. The molecule has 0 heterocycles. The number of halogens is 2. The summed E-state index contributed by atoms with van der Waals surface area (Å²) in [6.45, 7) is 0. The molecule has 5 nitrogen and oxygen atoms in total. The molecule has 0 aliphatic heterocycles. The highest BCUT2D eigenvalue weighted by molar-refractivity contribution is 7.50. The van der Waals surface area contributed by atoms with Gasteiger partial charge in [0.15, 0.2) is 11.5 Å². The molecule has 0 N–H and O–H groups in total. The lowest BCUT2D eigenvalue weighted by molar-refractivity contribution is 0.312. The molecule has 0 bridgehead atoms. The molecule has 0 saturated carbocycles. The van der Waals surface area contributed by atoms with Gasteiger partial charge in [-0.1, -0.05) is 30.3 Å². The van der Waals surface area contributed by atoms with Gasteiger partial charge < -0.3 is 9.26 Å². The Bertz CT molecular complexity index is 600. The number of hydrogen-bond donors (Lipinski definition) is 0. The van der Waals surface area contributed by atoms with Crippen LogP contribution in [-0.4, -0.2) is 0 Å². The smallest absolute Gasteiger partial charge is 0.453 e. The fraction of sp³-hybridized carbons (Fsp3) is 0. The molecule has 8 heteroatoms. The van der Waals surface area contributed by atoms with Crippen LogP contribution in [0.4, 0.5) is 0 Å². The van der Waals surface area contributed by atoms with Crippen LogP contribution in [0, 0.1) is 0 Å². The van der Waals surface area contributed by atoms with Gasteiger partial charge in [0.25, 0.3) is 0 Å². The van der Waals surface area contributed by atoms with E-state index in [1.54, 1.807) is 30.3 Å². The van der Waals surface area contributed by atoms with Crippen LogP contribution >= 0.6 is 31.6 Å². The number of hydrogen-bond acceptors (Lipinski definition) is 5. The van der Waals surface area contributed by atoms with Gasteiger partial charge in [-0.3, -0.25) is 0 Å². The molecule has 0 amide bonds. The van der Waals surface area contributed by atoms with E-state index in [0.717, 1.165) is 0 Å². The molecule has 0 aromatic heterocycles. The molecule has 2 rings (SSSR count). The summed E-state index contributed by atoms with van der Waals surface area (Å²) < 4.78 is 30.5. The van der Waals surface area contributed by atoms with E-state index in [1.807, 2.05) is 18.2 Å². The molecular weight excluding hydrogens is 326 g/mol. The van der Waals surface area contributed by atoms with Gasteiger partial charge in [0.05, 0.1) is 23.7 Å². The molecule has 0 aliphatic carbocycles. The average Bonchev–Trinajstić information content (AvgIpc) is 2.50. The Balaban J connectivity index is 2.25. The molecule has 0 radical (unpaired) electrons. The second-order valence-electron chi connectivity index (χ2n) is 3.54. The second-order valence-corrected chi connectivity index (χ2v) is 5.72. The zero-order valence-corrected chi connectivity index (χ0v) is 12.3. The summed E-state index contributed by atoms with van der Waals surface area (Å²) in [5, 5.41) is 0. The van der Waals surface area contributed by atoms with Crippen LogP contribution in [-0.2, 0) is 12.7 Å².